The number of nitrogens with one attached hydrogen (secondary N) is 1. The molecular weight excluding hydrogens is 424 g/mol. The summed E-state index contributed by atoms with van der Waals surface area (Å²) < 4.78 is 7.30. The van der Waals surface area contributed by atoms with Gasteiger partial charge >= 0.3 is 0 Å². The Kier molecular flexibility index (Phi) is 8.01. The van der Waals surface area contributed by atoms with E-state index in [2.05, 4.69) is 41.4 Å². The van der Waals surface area contributed by atoms with E-state index in [0.29, 0.717) is 19.4 Å². The van der Waals surface area contributed by atoms with Gasteiger partial charge in [0.2, 0.25) is 5.91 Å². The third-order valence-electron chi connectivity index (χ3n) is 6.87. The molecule has 0 radical (unpaired) electrons. The molecule has 1 atom stereocenters. The molecule has 0 unspecified atom stereocenters. The van der Waals surface area contributed by atoms with E-state index in [0.717, 1.165) is 41.5 Å². The molecule has 180 valence electrons. The number of benzene rings is 2. The van der Waals surface area contributed by atoms with Gasteiger partial charge in [0, 0.05) is 18.7 Å². The second-order valence-corrected chi connectivity index (χ2v) is 9.09. The monoisotopic (exact) mass is 460 g/mol. The highest BCUT2D eigenvalue weighted by molar-refractivity contribution is 5.76. The van der Waals surface area contributed by atoms with Gasteiger partial charge in [-0.3, -0.25) is 9.69 Å². The molecule has 0 saturated carbocycles. The summed E-state index contributed by atoms with van der Waals surface area (Å²) in [5.41, 5.74) is 5.50. The molecule has 1 aromatic heterocycles. The number of carbonyl (C=O) groups excluding carboxylic acids is 1. The van der Waals surface area contributed by atoms with Crippen molar-refractivity contribution in [2.24, 2.45) is 0 Å². The molecule has 1 amide bonds. The Labute approximate surface area is 202 Å². The van der Waals surface area contributed by atoms with Crippen LogP contribution in [0.2, 0.25) is 0 Å². The molecule has 1 aliphatic rings. The molecule has 6 heteroatoms. The summed E-state index contributed by atoms with van der Waals surface area (Å²) in [4.78, 5) is 15.4. The maximum Gasteiger partial charge on any atom is 0.220 e. The second kappa shape index (κ2) is 11.3. The Hall–Kier alpha value is -3.12. The third kappa shape index (κ3) is 5.68. The summed E-state index contributed by atoms with van der Waals surface area (Å²) >= 11 is 0. The molecule has 2 heterocycles. The zero-order chi connectivity index (χ0) is 23.9. The van der Waals surface area contributed by atoms with Gasteiger partial charge in [0.25, 0.3) is 0 Å². The lowest BCUT2D eigenvalue weighted by atomic mass is 10.0. The van der Waals surface area contributed by atoms with Crippen LogP contribution in [0.25, 0.3) is 5.69 Å². The molecule has 1 saturated heterocycles. The zero-order valence-corrected chi connectivity index (χ0v) is 20.6. The van der Waals surface area contributed by atoms with Crippen molar-refractivity contribution in [3.63, 3.8) is 0 Å². The molecule has 0 aliphatic carbocycles. The Morgan fingerprint density at radius 2 is 1.74 bits per heavy atom. The van der Waals surface area contributed by atoms with Crippen LogP contribution in [0.1, 0.15) is 54.2 Å². The van der Waals surface area contributed by atoms with Crippen molar-refractivity contribution in [3.05, 3.63) is 77.1 Å². The van der Waals surface area contributed by atoms with Crippen LogP contribution < -0.4 is 10.1 Å². The van der Waals surface area contributed by atoms with Crippen LogP contribution in [-0.4, -0.2) is 47.3 Å². The number of piperidine rings is 1. The van der Waals surface area contributed by atoms with Crippen LogP contribution in [0, 0.1) is 13.8 Å². The smallest absolute Gasteiger partial charge is 0.220 e. The minimum absolute atomic E-state index is 0.0850. The number of likely N-dealkylation sites (tertiary alicyclic amines) is 1. The molecule has 0 bridgehead atoms. The van der Waals surface area contributed by atoms with E-state index in [1.807, 2.05) is 41.9 Å². The van der Waals surface area contributed by atoms with Crippen molar-refractivity contribution in [2.45, 2.75) is 52.0 Å². The number of nitrogens with zero attached hydrogens (tertiary/aromatic N) is 3. The van der Waals surface area contributed by atoms with Crippen molar-refractivity contribution in [1.29, 1.82) is 0 Å². The molecule has 34 heavy (non-hydrogen) atoms. The summed E-state index contributed by atoms with van der Waals surface area (Å²) in [6.45, 7) is 6.87. The minimum Gasteiger partial charge on any atom is -0.497 e. The molecule has 1 N–H and O–H groups in total. The number of hydrogen-bond donors (Lipinski definition) is 1. The predicted molar refractivity (Wildman–Crippen MR) is 136 cm³/mol. The van der Waals surface area contributed by atoms with Crippen molar-refractivity contribution in [2.75, 3.05) is 26.7 Å². The van der Waals surface area contributed by atoms with E-state index >= 15 is 0 Å². The molecule has 1 aliphatic heterocycles. The molecule has 2 aromatic carbocycles. The van der Waals surface area contributed by atoms with Gasteiger partial charge in [-0.05, 0) is 81.6 Å². The van der Waals surface area contributed by atoms with Crippen molar-refractivity contribution < 1.29 is 9.53 Å². The summed E-state index contributed by atoms with van der Waals surface area (Å²) in [5, 5.41) is 7.93. The predicted octanol–water partition coefficient (Wildman–Crippen LogP) is 4.77. The number of carbonyl (C=O) groups is 1. The maximum absolute atomic E-state index is 12.9. The van der Waals surface area contributed by atoms with E-state index in [1.54, 1.807) is 7.11 Å². The van der Waals surface area contributed by atoms with Gasteiger partial charge in [-0.15, -0.1) is 0 Å². The SMILES string of the molecule is COc1ccc([C@@H](CNC(=O)CCc2c(C)nn(-c3ccccc3)c2C)N2CCCCC2)cc1. The number of aryl methyl sites for hydroxylation is 1. The van der Waals surface area contributed by atoms with Crippen LogP contribution in [0.15, 0.2) is 54.6 Å². The normalized spacial score (nSPS) is 15.1. The highest BCUT2D eigenvalue weighted by Crippen LogP contribution is 2.26. The van der Waals surface area contributed by atoms with Crippen LogP contribution in [0.3, 0.4) is 0 Å². The number of methoxy groups -OCH3 is 1. The molecule has 3 aromatic rings. The summed E-state index contributed by atoms with van der Waals surface area (Å²) in [6.07, 6.45) is 4.85. The lowest BCUT2D eigenvalue weighted by molar-refractivity contribution is -0.121. The average Bonchev–Trinajstić information content (AvgIpc) is 3.17. The van der Waals surface area contributed by atoms with Crippen molar-refractivity contribution in [1.82, 2.24) is 20.0 Å². The van der Waals surface area contributed by atoms with Crippen LogP contribution in [0.4, 0.5) is 0 Å². The Morgan fingerprint density at radius 1 is 1.03 bits per heavy atom. The Balaban J connectivity index is 1.39. The fraction of sp³-hybridized carbons (Fsp3) is 0.429. The average molecular weight is 461 g/mol. The summed E-state index contributed by atoms with van der Waals surface area (Å²) in [5.74, 6) is 0.939. The quantitative estimate of drug-likeness (QED) is 0.500. The lowest BCUT2D eigenvalue weighted by Gasteiger charge is -2.35. The molecule has 6 nitrogen and oxygen atoms in total. The highest BCUT2D eigenvalue weighted by Gasteiger charge is 2.23. The molecule has 0 spiro atoms. The van der Waals surface area contributed by atoms with E-state index in [1.165, 1.54) is 24.8 Å². The standard InChI is InChI=1S/C28H36N4O2/c1-21-26(22(2)32(30-21)24-10-6-4-7-11-24)16-17-28(33)29-20-27(31-18-8-5-9-19-31)23-12-14-25(34-3)15-13-23/h4,6-7,10-15,27H,5,8-9,16-20H2,1-3H3,(H,29,33)/t27-/m1/s1. The fourth-order valence-electron chi connectivity index (χ4n) is 4.91. The van der Waals surface area contributed by atoms with Crippen LogP contribution in [-0.2, 0) is 11.2 Å². The molecule has 4 rings (SSSR count). The fourth-order valence-corrected chi connectivity index (χ4v) is 4.91. The number of hydrogen-bond acceptors (Lipinski definition) is 4. The number of rotatable bonds is 9. The molecule has 1 fully saturated rings. The Bertz CT molecular complexity index is 1070. The first-order valence-electron chi connectivity index (χ1n) is 12.3. The first-order chi connectivity index (χ1) is 16.6. The number of ether oxygens (including phenoxy) is 1. The number of aromatic nitrogens is 2. The van der Waals surface area contributed by atoms with E-state index in [-0.39, 0.29) is 11.9 Å². The highest BCUT2D eigenvalue weighted by atomic mass is 16.5. The number of para-hydroxylation sites is 1. The summed E-state index contributed by atoms with van der Waals surface area (Å²) in [7, 11) is 1.68. The van der Waals surface area contributed by atoms with Gasteiger partial charge < -0.3 is 10.1 Å². The van der Waals surface area contributed by atoms with Gasteiger partial charge in [-0.2, -0.15) is 5.10 Å². The van der Waals surface area contributed by atoms with Gasteiger partial charge in [0.15, 0.2) is 0 Å². The van der Waals surface area contributed by atoms with E-state index in [9.17, 15) is 4.79 Å². The van der Waals surface area contributed by atoms with Gasteiger partial charge in [-0.1, -0.05) is 36.8 Å². The first-order valence-corrected chi connectivity index (χ1v) is 12.3. The van der Waals surface area contributed by atoms with Crippen LogP contribution in [0.5, 0.6) is 5.75 Å². The molecular formula is C28H36N4O2. The van der Waals surface area contributed by atoms with E-state index < -0.39 is 0 Å². The number of amides is 1. The first kappa shape index (κ1) is 24.0. The van der Waals surface area contributed by atoms with Crippen molar-refractivity contribution >= 4 is 5.91 Å². The minimum atomic E-state index is 0.0850. The lowest BCUT2D eigenvalue weighted by Crippen LogP contribution is -2.40. The van der Waals surface area contributed by atoms with Gasteiger partial charge in [-0.25, -0.2) is 4.68 Å². The summed E-state index contributed by atoms with van der Waals surface area (Å²) in [6, 6.07) is 18.6. The maximum atomic E-state index is 12.9. The topological polar surface area (TPSA) is 59.4 Å². The van der Waals surface area contributed by atoms with E-state index in [4.69, 9.17) is 9.84 Å². The van der Waals surface area contributed by atoms with Gasteiger partial charge in [0.1, 0.15) is 5.75 Å². The second-order valence-electron chi connectivity index (χ2n) is 9.09. The van der Waals surface area contributed by atoms with Crippen molar-refractivity contribution in [3.8, 4) is 11.4 Å². The van der Waals surface area contributed by atoms with Gasteiger partial charge in [0.05, 0.1) is 24.5 Å². The third-order valence-corrected chi connectivity index (χ3v) is 6.87. The largest absolute Gasteiger partial charge is 0.497 e. The Morgan fingerprint density at radius 3 is 2.41 bits per heavy atom. The zero-order valence-electron chi connectivity index (χ0n) is 20.6. The van der Waals surface area contributed by atoms with Crippen LogP contribution >= 0.6 is 0 Å².